The van der Waals surface area contributed by atoms with Crippen LogP contribution in [0.5, 0.6) is 0 Å². The van der Waals surface area contributed by atoms with Crippen molar-refractivity contribution in [2.75, 3.05) is 0 Å². The maximum absolute atomic E-state index is 12.8. The number of benzene rings is 1. The van der Waals surface area contributed by atoms with Crippen LogP contribution in [0.1, 0.15) is 24.2 Å². The molecule has 1 aromatic carbocycles. The molecule has 5 heteroatoms. The van der Waals surface area contributed by atoms with Gasteiger partial charge in [-0.15, -0.1) is 0 Å². The fourth-order valence-electron chi connectivity index (χ4n) is 2.25. The number of aromatic nitrogens is 3. The SMILES string of the molecule is O=c1n(/C=C/c2ccc(F)cc2)nc2n1CCCC2. The molecule has 0 aliphatic carbocycles. The normalized spacial score (nSPS) is 14.8. The molecule has 0 spiro atoms. The molecule has 98 valence electrons. The van der Waals surface area contributed by atoms with E-state index in [1.807, 2.05) is 0 Å². The Kier molecular flexibility index (Phi) is 3.03. The van der Waals surface area contributed by atoms with Crippen molar-refractivity contribution in [2.24, 2.45) is 0 Å². The van der Waals surface area contributed by atoms with Gasteiger partial charge in [0.1, 0.15) is 11.6 Å². The Morgan fingerprint density at radius 1 is 1.21 bits per heavy atom. The lowest BCUT2D eigenvalue weighted by Crippen LogP contribution is -2.24. The van der Waals surface area contributed by atoms with Crippen LogP contribution in [0.3, 0.4) is 0 Å². The molecule has 2 aromatic rings. The molecule has 0 N–H and O–H groups in total. The van der Waals surface area contributed by atoms with Gasteiger partial charge in [-0.2, -0.15) is 9.78 Å². The van der Waals surface area contributed by atoms with Crippen LogP contribution in [0.25, 0.3) is 12.3 Å². The van der Waals surface area contributed by atoms with Gasteiger partial charge in [-0.25, -0.2) is 9.18 Å². The molecule has 0 amide bonds. The van der Waals surface area contributed by atoms with Gasteiger partial charge >= 0.3 is 5.69 Å². The molecule has 4 nitrogen and oxygen atoms in total. The molecule has 1 aromatic heterocycles. The summed E-state index contributed by atoms with van der Waals surface area (Å²) in [6.07, 6.45) is 6.34. The van der Waals surface area contributed by atoms with E-state index in [1.54, 1.807) is 29.0 Å². The molecular formula is C14H14FN3O. The Morgan fingerprint density at radius 3 is 2.74 bits per heavy atom. The molecule has 0 saturated heterocycles. The first-order chi connectivity index (χ1) is 9.24. The van der Waals surface area contributed by atoms with Crippen LogP contribution < -0.4 is 5.69 Å². The highest BCUT2D eigenvalue weighted by molar-refractivity contribution is 5.59. The van der Waals surface area contributed by atoms with E-state index in [0.717, 1.165) is 37.2 Å². The van der Waals surface area contributed by atoms with Gasteiger partial charge < -0.3 is 0 Å². The highest BCUT2D eigenvalue weighted by atomic mass is 19.1. The number of hydrogen-bond acceptors (Lipinski definition) is 2. The number of halogens is 1. The second-order valence-electron chi connectivity index (χ2n) is 4.62. The lowest BCUT2D eigenvalue weighted by molar-refractivity contribution is 0.512. The Balaban J connectivity index is 1.89. The van der Waals surface area contributed by atoms with Crippen molar-refractivity contribution >= 4 is 12.3 Å². The fraction of sp³-hybridized carbons (Fsp3) is 0.286. The third-order valence-corrected chi connectivity index (χ3v) is 3.27. The predicted molar refractivity (Wildman–Crippen MR) is 71.0 cm³/mol. The lowest BCUT2D eigenvalue weighted by atomic mass is 10.2. The zero-order chi connectivity index (χ0) is 13.2. The largest absolute Gasteiger partial charge is 0.350 e. The molecule has 0 saturated carbocycles. The highest BCUT2D eigenvalue weighted by Gasteiger charge is 2.15. The van der Waals surface area contributed by atoms with Crippen LogP contribution in [0.2, 0.25) is 0 Å². The zero-order valence-corrected chi connectivity index (χ0v) is 10.4. The Labute approximate surface area is 109 Å². The first kappa shape index (κ1) is 11.9. The minimum Gasteiger partial charge on any atom is -0.279 e. The molecule has 0 fully saturated rings. The van der Waals surface area contributed by atoms with Crippen LogP contribution in [0.15, 0.2) is 29.1 Å². The first-order valence-corrected chi connectivity index (χ1v) is 6.36. The van der Waals surface area contributed by atoms with E-state index in [1.165, 1.54) is 16.8 Å². The van der Waals surface area contributed by atoms with E-state index >= 15 is 0 Å². The molecule has 0 bridgehead atoms. The fourth-order valence-corrected chi connectivity index (χ4v) is 2.25. The maximum atomic E-state index is 12.8. The van der Waals surface area contributed by atoms with Gasteiger partial charge in [-0.05, 0) is 36.6 Å². The van der Waals surface area contributed by atoms with Gasteiger partial charge in [0.05, 0.1) is 0 Å². The molecule has 0 atom stereocenters. The average molecular weight is 259 g/mol. The van der Waals surface area contributed by atoms with Crippen LogP contribution >= 0.6 is 0 Å². The summed E-state index contributed by atoms with van der Waals surface area (Å²) in [6.45, 7) is 0.749. The Morgan fingerprint density at radius 2 is 2.00 bits per heavy atom. The van der Waals surface area contributed by atoms with Gasteiger partial charge in [0, 0.05) is 19.2 Å². The Bertz CT molecular complexity index is 667. The molecule has 0 radical (unpaired) electrons. The highest BCUT2D eigenvalue weighted by Crippen LogP contribution is 2.10. The minimum atomic E-state index is -0.272. The van der Waals surface area contributed by atoms with Crippen LogP contribution in [-0.2, 0) is 13.0 Å². The van der Waals surface area contributed by atoms with Crippen LogP contribution in [-0.4, -0.2) is 14.3 Å². The van der Waals surface area contributed by atoms with Crippen molar-refractivity contribution in [1.29, 1.82) is 0 Å². The summed E-state index contributed by atoms with van der Waals surface area (Å²) in [7, 11) is 0. The topological polar surface area (TPSA) is 39.8 Å². The summed E-state index contributed by atoms with van der Waals surface area (Å²) >= 11 is 0. The van der Waals surface area contributed by atoms with E-state index < -0.39 is 0 Å². The van der Waals surface area contributed by atoms with E-state index in [9.17, 15) is 9.18 Å². The van der Waals surface area contributed by atoms with Gasteiger partial charge in [0.2, 0.25) is 0 Å². The predicted octanol–water partition coefficient (Wildman–Crippen LogP) is 2.15. The number of rotatable bonds is 2. The van der Waals surface area contributed by atoms with Gasteiger partial charge in [-0.3, -0.25) is 4.57 Å². The summed E-state index contributed by atoms with van der Waals surface area (Å²) in [5.41, 5.74) is 0.729. The monoisotopic (exact) mass is 259 g/mol. The molecular weight excluding hydrogens is 245 g/mol. The lowest BCUT2D eigenvalue weighted by Gasteiger charge is -2.09. The minimum absolute atomic E-state index is 0.104. The number of aryl methyl sites for hydroxylation is 1. The summed E-state index contributed by atoms with van der Waals surface area (Å²) in [4.78, 5) is 12.0. The molecule has 0 unspecified atom stereocenters. The smallest absolute Gasteiger partial charge is 0.279 e. The molecule has 1 aliphatic rings. The zero-order valence-electron chi connectivity index (χ0n) is 10.4. The molecule has 1 aliphatic heterocycles. The van der Waals surface area contributed by atoms with Crippen LogP contribution in [0, 0.1) is 5.82 Å². The van der Waals surface area contributed by atoms with Crippen molar-refractivity contribution in [3.05, 3.63) is 52.0 Å². The molecule has 19 heavy (non-hydrogen) atoms. The maximum Gasteiger partial charge on any atom is 0.350 e. The number of fused-ring (bicyclic) bond motifs is 1. The summed E-state index contributed by atoms with van der Waals surface area (Å²) in [6, 6.07) is 6.10. The quantitative estimate of drug-likeness (QED) is 0.829. The number of hydrogen-bond donors (Lipinski definition) is 0. The standard InChI is InChI=1S/C14H14FN3O/c15-12-6-4-11(5-7-12)8-10-18-14(19)17-9-2-1-3-13(17)16-18/h4-8,10H,1-3,9H2/b10-8+. The van der Waals surface area contributed by atoms with Crippen molar-refractivity contribution in [3.63, 3.8) is 0 Å². The van der Waals surface area contributed by atoms with Crippen molar-refractivity contribution in [2.45, 2.75) is 25.8 Å². The molecule has 2 heterocycles. The third-order valence-electron chi connectivity index (χ3n) is 3.27. The van der Waals surface area contributed by atoms with E-state index in [-0.39, 0.29) is 11.5 Å². The second kappa shape index (κ2) is 4.84. The van der Waals surface area contributed by atoms with E-state index in [4.69, 9.17) is 0 Å². The van der Waals surface area contributed by atoms with Gasteiger partial charge in [-0.1, -0.05) is 12.1 Å². The van der Waals surface area contributed by atoms with E-state index in [2.05, 4.69) is 5.10 Å². The summed E-state index contributed by atoms with van der Waals surface area (Å²) in [5, 5.41) is 4.29. The van der Waals surface area contributed by atoms with Crippen molar-refractivity contribution in [1.82, 2.24) is 14.3 Å². The molecule has 3 rings (SSSR count). The Hall–Kier alpha value is -2.17. The van der Waals surface area contributed by atoms with Gasteiger partial charge in [0.15, 0.2) is 0 Å². The second-order valence-corrected chi connectivity index (χ2v) is 4.62. The average Bonchev–Trinajstić information content (AvgIpc) is 2.76. The number of nitrogens with zero attached hydrogens (tertiary/aromatic N) is 3. The van der Waals surface area contributed by atoms with Crippen molar-refractivity contribution < 1.29 is 4.39 Å². The summed E-state index contributed by atoms with van der Waals surface area (Å²) in [5.74, 6) is 0.576. The van der Waals surface area contributed by atoms with Gasteiger partial charge in [0.25, 0.3) is 0 Å². The first-order valence-electron chi connectivity index (χ1n) is 6.36. The van der Waals surface area contributed by atoms with Crippen molar-refractivity contribution in [3.8, 4) is 0 Å². The van der Waals surface area contributed by atoms with E-state index in [0.29, 0.717) is 0 Å². The third kappa shape index (κ3) is 2.36. The van der Waals surface area contributed by atoms with Crippen LogP contribution in [0.4, 0.5) is 4.39 Å². The summed E-state index contributed by atoms with van der Waals surface area (Å²) < 4.78 is 15.8.